The zero-order valence-electron chi connectivity index (χ0n) is 17.6. The minimum absolute atomic E-state index is 0.0728. The van der Waals surface area contributed by atoms with Gasteiger partial charge in [0.15, 0.2) is 0 Å². The number of aromatic hydroxyl groups is 1. The largest absolute Gasteiger partial charge is 0.506 e. The number of carbonyl (C=O) groups excluding carboxylic acids is 1. The summed E-state index contributed by atoms with van der Waals surface area (Å²) in [7, 11) is 0. The maximum Gasteiger partial charge on any atom is 0.271 e. The lowest BCUT2D eigenvalue weighted by Gasteiger charge is -2.09. The Labute approximate surface area is 195 Å². The topological polar surface area (TPSA) is 66.6 Å². The van der Waals surface area contributed by atoms with Crippen LogP contribution in [0.1, 0.15) is 21.5 Å². The number of benzene rings is 4. The average molecular weight is 454 g/mol. The Kier molecular flexibility index (Phi) is 5.55. The number of hydrogen-bond donors (Lipinski definition) is 2. The lowest BCUT2D eigenvalue weighted by Crippen LogP contribution is -2.17. The molecule has 0 unspecified atom stereocenters. The number of hydrogen-bond acceptors (Lipinski definition) is 3. The number of carbonyl (C=O) groups is 1. The van der Waals surface area contributed by atoms with Gasteiger partial charge in [0.25, 0.3) is 5.91 Å². The minimum atomic E-state index is -0.408. The van der Waals surface area contributed by atoms with Crippen LogP contribution in [0.15, 0.2) is 96.2 Å². The van der Waals surface area contributed by atoms with Crippen molar-refractivity contribution >= 4 is 45.4 Å². The van der Waals surface area contributed by atoms with Crippen molar-refractivity contribution in [3.8, 4) is 5.75 Å². The van der Waals surface area contributed by atoms with Gasteiger partial charge in [-0.25, -0.2) is 5.43 Å². The van der Waals surface area contributed by atoms with E-state index in [2.05, 4.69) is 75.9 Å². The number of rotatable bonds is 5. The molecule has 0 aliphatic carbocycles. The Bertz CT molecular complexity index is 1520. The fourth-order valence-corrected chi connectivity index (χ4v) is 4.17. The molecule has 33 heavy (non-hydrogen) atoms. The molecule has 0 spiro atoms. The first-order valence-electron chi connectivity index (χ1n) is 10.5. The van der Waals surface area contributed by atoms with Crippen molar-refractivity contribution in [1.29, 1.82) is 0 Å². The lowest BCUT2D eigenvalue weighted by atomic mass is 10.0. The SMILES string of the molecule is O=C(NN=Cc1cccc2c1ccn2Cc1cccc2ccccc12)c1ccc(O)c(Cl)c1. The molecule has 5 aromatic rings. The monoisotopic (exact) mass is 453 g/mol. The number of nitrogens with one attached hydrogen (secondary N) is 1. The van der Waals surface area contributed by atoms with Crippen LogP contribution in [0.5, 0.6) is 5.75 Å². The van der Waals surface area contributed by atoms with Crippen LogP contribution in [0, 0.1) is 0 Å². The van der Waals surface area contributed by atoms with Gasteiger partial charge in [-0.15, -0.1) is 0 Å². The molecule has 4 aromatic carbocycles. The van der Waals surface area contributed by atoms with E-state index in [1.54, 1.807) is 6.21 Å². The molecule has 162 valence electrons. The molecule has 0 atom stereocenters. The minimum Gasteiger partial charge on any atom is -0.506 e. The van der Waals surface area contributed by atoms with E-state index in [4.69, 9.17) is 11.6 Å². The molecule has 0 aliphatic heterocycles. The molecule has 2 N–H and O–H groups in total. The number of amides is 1. The van der Waals surface area contributed by atoms with Gasteiger partial charge in [-0.2, -0.15) is 5.10 Å². The van der Waals surface area contributed by atoms with E-state index in [0.29, 0.717) is 5.56 Å². The number of hydrazone groups is 1. The molecule has 1 heterocycles. The van der Waals surface area contributed by atoms with E-state index in [9.17, 15) is 9.90 Å². The predicted molar refractivity (Wildman–Crippen MR) is 133 cm³/mol. The second kappa shape index (κ2) is 8.81. The third kappa shape index (κ3) is 4.19. The van der Waals surface area contributed by atoms with Gasteiger partial charge < -0.3 is 9.67 Å². The van der Waals surface area contributed by atoms with Gasteiger partial charge in [-0.05, 0) is 46.7 Å². The number of phenolic OH excluding ortho intramolecular Hbond substituents is 1. The molecule has 0 saturated carbocycles. The van der Waals surface area contributed by atoms with Crippen molar-refractivity contribution in [2.45, 2.75) is 6.54 Å². The zero-order valence-corrected chi connectivity index (χ0v) is 18.3. The highest BCUT2D eigenvalue weighted by Crippen LogP contribution is 2.25. The number of halogens is 1. The van der Waals surface area contributed by atoms with Crippen LogP contribution in [0.2, 0.25) is 5.02 Å². The van der Waals surface area contributed by atoms with Crippen LogP contribution >= 0.6 is 11.6 Å². The number of phenols is 1. The summed E-state index contributed by atoms with van der Waals surface area (Å²) in [6, 6.07) is 27.1. The van der Waals surface area contributed by atoms with E-state index in [-0.39, 0.29) is 10.8 Å². The van der Waals surface area contributed by atoms with Crippen LogP contribution in [0.25, 0.3) is 21.7 Å². The van der Waals surface area contributed by atoms with Gasteiger partial charge in [-0.1, -0.05) is 66.2 Å². The zero-order chi connectivity index (χ0) is 22.8. The van der Waals surface area contributed by atoms with Crippen LogP contribution in [-0.4, -0.2) is 21.8 Å². The molecule has 5 rings (SSSR count). The third-order valence-corrected chi connectivity index (χ3v) is 5.95. The first kappa shape index (κ1) is 20.8. The second-order valence-corrected chi connectivity index (χ2v) is 8.13. The van der Waals surface area contributed by atoms with Crippen molar-refractivity contribution in [2.24, 2.45) is 5.10 Å². The van der Waals surface area contributed by atoms with Crippen molar-refractivity contribution in [2.75, 3.05) is 0 Å². The van der Waals surface area contributed by atoms with E-state index in [0.717, 1.165) is 23.0 Å². The molecule has 5 nitrogen and oxygen atoms in total. The Morgan fingerprint density at radius 3 is 2.67 bits per heavy atom. The van der Waals surface area contributed by atoms with Crippen LogP contribution in [-0.2, 0) is 6.54 Å². The van der Waals surface area contributed by atoms with Crippen molar-refractivity contribution in [3.63, 3.8) is 0 Å². The molecule has 6 heteroatoms. The summed E-state index contributed by atoms with van der Waals surface area (Å²) >= 11 is 5.87. The summed E-state index contributed by atoms with van der Waals surface area (Å²) in [6.07, 6.45) is 3.70. The summed E-state index contributed by atoms with van der Waals surface area (Å²) < 4.78 is 2.21. The molecular weight excluding hydrogens is 434 g/mol. The van der Waals surface area contributed by atoms with Gasteiger partial charge in [0.1, 0.15) is 5.75 Å². The third-order valence-electron chi connectivity index (χ3n) is 5.65. The molecular formula is C27H20ClN3O2. The molecule has 0 bridgehead atoms. The van der Waals surface area contributed by atoms with E-state index >= 15 is 0 Å². The molecule has 0 saturated heterocycles. The normalized spacial score (nSPS) is 11.4. The molecule has 0 radical (unpaired) electrons. The molecule has 0 fully saturated rings. The van der Waals surface area contributed by atoms with Crippen molar-refractivity contribution in [3.05, 3.63) is 113 Å². The second-order valence-electron chi connectivity index (χ2n) is 7.73. The standard InChI is InChI=1S/C27H20ClN3O2/c28-24-15-19(11-12-26(24)32)27(33)30-29-16-20-7-4-10-25-23(20)13-14-31(25)17-21-8-3-6-18-5-1-2-9-22(18)21/h1-16,32H,17H2,(H,30,33). The summed E-state index contributed by atoms with van der Waals surface area (Å²) in [6.45, 7) is 0.754. The first-order valence-corrected chi connectivity index (χ1v) is 10.8. The Balaban J connectivity index is 1.38. The fourth-order valence-electron chi connectivity index (χ4n) is 3.98. The maximum absolute atomic E-state index is 12.3. The van der Waals surface area contributed by atoms with Gasteiger partial charge >= 0.3 is 0 Å². The number of nitrogens with zero attached hydrogens (tertiary/aromatic N) is 2. The van der Waals surface area contributed by atoms with Crippen molar-refractivity contribution in [1.82, 2.24) is 9.99 Å². The fraction of sp³-hybridized carbons (Fsp3) is 0.0370. The molecule has 0 aliphatic rings. The van der Waals surface area contributed by atoms with E-state index in [1.165, 1.54) is 34.5 Å². The molecule has 1 aromatic heterocycles. The summed E-state index contributed by atoms with van der Waals surface area (Å²) in [5, 5.41) is 17.3. The summed E-state index contributed by atoms with van der Waals surface area (Å²) in [5.74, 6) is -0.481. The lowest BCUT2D eigenvalue weighted by molar-refractivity contribution is 0.0955. The highest BCUT2D eigenvalue weighted by molar-refractivity contribution is 6.32. The van der Waals surface area contributed by atoms with Crippen LogP contribution in [0.4, 0.5) is 0 Å². The Morgan fingerprint density at radius 2 is 1.79 bits per heavy atom. The van der Waals surface area contributed by atoms with E-state index in [1.807, 2.05) is 12.1 Å². The smallest absolute Gasteiger partial charge is 0.271 e. The van der Waals surface area contributed by atoms with Crippen LogP contribution in [0.3, 0.4) is 0 Å². The van der Waals surface area contributed by atoms with Gasteiger partial charge in [0.05, 0.1) is 11.2 Å². The van der Waals surface area contributed by atoms with Crippen molar-refractivity contribution < 1.29 is 9.90 Å². The summed E-state index contributed by atoms with van der Waals surface area (Å²) in [4.78, 5) is 12.3. The van der Waals surface area contributed by atoms with Crippen LogP contribution < -0.4 is 5.43 Å². The maximum atomic E-state index is 12.3. The molecule has 1 amide bonds. The number of aromatic nitrogens is 1. The average Bonchev–Trinajstić information content (AvgIpc) is 3.24. The quantitative estimate of drug-likeness (QED) is 0.254. The number of fused-ring (bicyclic) bond motifs is 2. The Morgan fingerprint density at radius 1 is 0.970 bits per heavy atom. The summed E-state index contributed by atoms with van der Waals surface area (Å²) in [5.41, 5.74) is 6.06. The van der Waals surface area contributed by atoms with Gasteiger partial charge in [0, 0.05) is 34.8 Å². The van der Waals surface area contributed by atoms with E-state index < -0.39 is 5.91 Å². The first-order chi connectivity index (χ1) is 16.1. The highest BCUT2D eigenvalue weighted by Gasteiger charge is 2.09. The van der Waals surface area contributed by atoms with Gasteiger partial charge in [0.2, 0.25) is 0 Å². The Hall–Kier alpha value is -4.09. The van der Waals surface area contributed by atoms with Gasteiger partial charge in [-0.3, -0.25) is 4.79 Å². The highest BCUT2D eigenvalue weighted by atomic mass is 35.5. The predicted octanol–water partition coefficient (Wildman–Crippen LogP) is 5.97.